The number of nitrogens with one attached hydrogen (secondary N) is 1. The highest BCUT2D eigenvalue weighted by atomic mass is 32.1. The lowest BCUT2D eigenvalue weighted by Gasteiger charge is -2.22. The maximum Gasteiger partial charge on any atom is 0.357 e. The number of urea groups is 1. The van der Waals surface area contributed by atoms with Gasteiger partial charge in [0.15, 0.2) is 5.69 Å². The molecule has 0 aliphatic heterocycles. The van der Waals surface area contributed by atoms with E-state index in [9.17, 15) is 9.59 Å². The summed E-state index contributed by atoms with van der Waals surface area (Å²) in [5.41, 5.74) is 2.07. The van der Waals surface area contributed by atoms with Crippen LogP contribution in [0.5, 0.6) is 0 Å². The lowest BCUT2D eigenvalue weighted by atomic mass is 10.2. The van der Waals surface area contributed by atoms with Gasteiger partial charge in [0.2, 0.25) is 0 Å². The Balaban J connectivity index is 2.08. The van der Waals surface area contributed by atoms with Gasteiger partial charge in [0, 0.05) is 17.6 Å². The minimum atomic E-state index is -0.469. The summed E-state index contributed by atoms with van der Waals surface area (Å²) in [6.45, 7) is 4.91. The van der Waals surface area contributed by atoms with E-state index in [4.69, 9.17) is 0 Å². The number of benzene rings is 1. The minimum absolute atomic E-state index is 0.180. The molecule has 0 aliphatic rings. The fourth-order valence-corrected chi connectivity index (χ4v) is 2.95. The van der Waals surface area contributed by atoms with Gasteiger partial charge in [0.25, 0.3) is 0 Å². The first kappa shape index (κ1) is 17.9. The maximum absolute atomic E-state index is 12.6. The molecule has 1 N–H and O–H groups in total. The summed E-state index contributed by atoms with van der Waals surface area (Å²) in [7, 11) is 1.32. The van der Waals surface area contributed by atoms with Gasteiger partial charge in [0.1, 0.15) is 5.01 Å². The number of aromatic nitrogens is 1. The zero-order valence-corrected chi connectivity index (χ0v) is 14.9. The second-order valence-electron chi connectivity index (χ2n) is 5.28. The number of nitrogens with zero attached hydrogens (tertiary/aromatic N) is 2. The first-order valence-electron chi connectivity index (χ1n) is 7.69. The molecule has 7 heteroatoms. The van der Waals surface area contributed by atoms with E-state index in [-0.39, 0.29) is 11.7 Å². The van der Waals surface area contributed by atoms with E-state index in [1.54, 1.807) is 10.3 Å². The van der Waals surface area contributed by atoms with Crippen molar-refractivity contribution in [3.63, 3.8) is 0 Å². The van der Waals surface area contributed by atoms with E-state index in [0.29, 0.717) is 18.1 Å². The molecule has 1 aromatic heterocycles. The predicted molar refractivity (Wildman–Crippen MR) is 94.4 cm³/mol. The summed E-state index contributed by atoms with van der Waals surface area (Å²) < 4.78 is 4.65. The normalized spacial score (nSPS) is 10.3. The average molecular weight is 347 g/mol. The van der Waals surface area contributed by atoms with E-state index in [1.165, 1.54) is 18.4 Å². The lowest BCUT2D eigenvalue weighted by molar-refractivity contribution is 0.0594. The Bertz CT molecular complexity index is 715. The molecule has 6 nitrogen and oxygen atoms in total. The highest BCUT2D eigenvalue weighted by Crippen LogP contribution is 2.17. The molecule has 0 atom stereocenters. The number of anilines is 1. The number of methoxy groups -OCH3 is 1. The summed E-state index contributed by atoms with van der Waals surface area (Å²) in [5, 5.41) is 5.27. The van der Waals surface area contributed by atoms with Gasteiger partial charge in [0.05, 0.1) is 13.7 Å². The van der Waals surface area contributed by atoms with Crippen LogP contribution in [0.2, 0.25) is 0 Å². The topological polar surface area (TPSA) is 71.5 Å². The Morgan fingerprint density at radius 1 is 1.33 bits per heavy atom. The number of carbonyl (C=O) groups is 2. The number of esters is 1. The van der Waals surface area contributed by atoms with E-state index in [0.717, 1.165) is 17.7 Å². The van der Waals surface area contributed by atoms with Gasteiger partial charge in [-0.15, -0.1) is 11.3 Å². The molecule has 128 valence electrons. The van der Waals surface area contributed by atoms with Gasteiger partial charge in [-0.2, -0.15) is 0 Å². The average Bonchev–Trinajstić information content (AvgIpc) is 3.04. The molecule has 0 aliphatic carbocycles. The molecule has 2 aromatic rings. The SMILES string of the molecule is CCCN(Cc1nc(C(=O)OC)cs1)C(=O)Nc1ccccc1C. The predicted octanol–water partition coefficient (Wildman–Crippen LogP) is 3.68. The van der Waals surface area contributed by atoms with Gasteiger partial charge in [-0.25, -0.2) is 14.6 Å². The molecular weight excluding hydrogens is 326 g/mol. The van der Waals surface area contributed by atoms with Gasteiger partial charge in [-0.05, 0) is 25.0 Å². The standard InChI is InChI=1S/C17H21N3O3S/c1-4-9-20(10-15-18-14(11-24-15)16(21)23-3)17(22)19-13-8-6-5-7-12(13)2/h5-8,11H,4,9-10H2,1-3H3,(H,19,22). The number of ether oxygens (including phenoxy) is 1. The minimum Gasteiger partial charge on any atom is -0.464 e. The van der Waals surface area contributed by atoms with Crippen LogP contribution in [0.3, 0.4) is 0 Å². The summed E-state index contributed by atoms with van der Waals surface area (Å²) in [4.78, 5) is 30.0. The first-order valence-corrected chi connectivity index (χ1v) is 8.57. The van der Waals surface area contributed by atoms with Crippen LogP contribution in [-0.2, 0) is 11.3 Å². The van der Waals surface area contributed by atoms with Crippen molar-refractivity contribution < 1.29 is 14.3 Å². The van der Waals surface area contributed by atoms with Crippen LogP contribution < -0.4 is 5.32 Å². The third-order valence-electron chi connectivity index (χ3n) is 3.44. The molecule has 1 heterocycles. The van der Waals surface area contributed by atoms with Crippen molar-refractivity contribution in [3.05, 3.63) is 45.9 Å². The van der Waals surface area contributed by atoms with Crippen molar-refractivity contribution in [3.8, 4) is 0 Å². The summed E-state index contributed by atoms with van der Waals surface area (Å²) in [6.07, 6.45) is 0.830. The van der Waals surface area contributed by atoms with Crippen molar-refractivity contribution in [2.24, 2.45) is 0 Å². The highest BCUT2D eigenvalue weighted by Gasteiger charge is 2.17. The Kier molecular flexibility index (Phi) is 6.31. The Morgan fingerprint density at radius 3 is 2.75 bits per heavy atom. The van der Waals surface area contributed by atoms with Crippen LogP contribution in [0, 0.1) is 6.92 Å². The van der Waals surface area contributed by atoms with Crippen molar-refractivity contribution in [2.45, 2.75) is 26.8 Å². The zero-order chi connectivity index (χ0) is 17.5. The fourth-order valence-electron chi connectivity index (χ4n) is 2.17. The zero-order valence-electron chi connectivity index (χ0n) is 14.0. The van der Waals surface area contributed by atoms with E-state index < -0.39 is 5.97 Å². The molecule has 0 spiro atoms. The first-order chi connectivity index (χ1) is 11.5. The smallest absolute Gasteiger partial charge is 0.357 e. The van der Waals surface area contributed by atoms with E-state index in [2.05, 4.69) is 15.0 Å². The number of amides is 2. The van der Waals surface area contributed by atoms with Crippen LogP contribution in [0.25, 0.3) is 0 Å². The van der Waals surface area contributed by atoms with Crippen LogP contribution in [-0.4, -0.2) is 35.5 Å². The molecule has 0 unspecified atom stereocenters. The third-order valence-corrected chi connectivity index (χ3v) is 4.27. The molecular formula is C17H21N3O3S. The van der Waals surface area contributed by atoms with Crippen molar-refractivity contribution in [1.29, 1.82) is 0 Å². The number of hydrogen-bond acceptors (Lipinski definition) is 5. The number of hydrogen-bond donors (Lipinski definition) is 1. The maximum atomic E-state index is 12.6. The molecule has 0 bridgehead atoms. The van der Waals surface area contributed by atoms with Gasteiger partial charge in [-0.3, -0.25) is 0 Å². The number of carbonyl (C=O) groups excluding carboxylic acids is 2. The van der Waals surface area contributed by atoms with Crippen LogP contribution >= 0.6 is 11.3 Å². The fraction of sp³-hybridized carbons (Fsp3) is 0.353. The number of aryl methyl sites for hydroxylation is 1. The summed E-state index contributed by atoms with van der Waals surface area (Å²) in [5.74, 6) is -0.469. The lowest BCUT2D eigenvalue weighted by Crippen LogP contribution is -2.35. The molecule has 0 saturated carbocycles. The van der Waals surface area contributed by atoms with Gasteiger partial charge < -0.3 is 15.0 Å². The Hall–Kier alpha value is -2.41. The van der Waals surface area contributed by atoms with Crippen molar-refractivity contribution >= 4 is 29.0 Å². The van der Waals surface area contributed by atoms with E-state index >= 15 is 0 Å². The molecule has 2 amide bonds. The molecule has 2 rings (SSSR count). The number of thiazole rings is 1. The Morgan fingerprint density at radius 2 is 2.08 bits per heavy atom. The number of para-hydroxylation sites is 1. The summed E-state index contributed by atoms with van der Waals surface area (Å²) >= 11 is 1.34. The highest BCUT2D eigenvalue weighted by molar-refractivity contribution is 7.09. The van der Waals surface area contributed by atoms with Gasteiger partial charge in [-0.1, -0.05) is 25.1 Å². The third kappa shape index (κ3) is 4.55. The second-order valence-corrected chi connectivity index (χ2v) is 6.23. The van der Waals surface area contributed by atoms with Crippen molar-refractivity contribution in [2.75, 3.05) is 19.0 Å². The largest absolute Gasteiger partial charge is 0.464 e. The van der Waals surface area contributed by atoms with E-state index in [1.807, 2.05) is 38.1 Å². The van der Waals surface area contributed by atoms with Gasteiger partial charge >= 0.3 is 12.0 Å². The van der Waals surface area contributed by atoms with Crippen LogP contribution in [0.15, 0.2) is 29.6 Å². The molecule has 1 aromatic carbocycles. The number of rotatable bonds is 6. The van der Waals surface area contributed by atoms with Crippen molar-refractivity contribution in [1.82, 2.24) is 9.88 Å². The van der Waals surface area contributed by atoms with Crippen LogP contribution in [0.1, 0.15) is 34.4 Å². The molecule has 0 saturated heterocycles. The molecule has 24 heavy (non-hydrogen) atoms. The second kappa shape index (κ2) is 8.44. The summed E-state index contributed by atoms with van der Waals surface area (Å²) in [6, 6.07) is 7.45. The molecule has 0 fully saturated rings. The van der Waals surface area contributed by atoms with Crippen LogP contribution in [0.4, 0.5) is 10.5 Å². The Labute approximate surface area is 145 Å². The monoisotopic (exact) mass is 347 g/mol. The molecule has 0 radical (unpaired) electrons. The quantitative estimate of drug-likeness (QED) is 0.809.